The van der Waals surface area contributed by atoms with Crippen LogP contribution in [0.5, 0.6) is 0 Å². The van der Waals surface area contributed by atoms with Crippen LogP contribution < -0.4 is 3.68 Å². The van der Waals surface area contributed by atoms with E-state index in [9.17, 15) is 0 Å². The fourth-order valence-corrected chi connectivity index (χ4v) is 0.735. The standard InChI is InChI=1S/C3H2NS.CH2O2.Li/c1-2-5-3-4-1;2-1-3;/h1-2H;1H,(H,2,3);. The van der Waals surface area contributed by atoms with E-state index in [1.807, 2.05) is 23.1 Å². The summed E-state index contributed by atoms with van der Waals surface area (Å²) in [5.74, 6) is 0. The molecule has 0 spiro atoms. The summed E-state index contributed by atoms with van der Waals surface area (Å²) < 4.78 is 1.13. The maximum atomic E-state index is 8.36. The first kappa shape index (κ1) is 8.70. The van der Waals surface area contributed by atoms with Gasteiger partial charge in [-0.1, -0.05) is 0 Å². The van der Waals surface area contributed by atoms with E-state index in [1.165, 1.54) is 0 Å². The third kappa shape index (κ3) is 5.57. The van der Waals surface area contributed by atoms with E-state index in [-0.39, 0.29) is 6.47 Å². The van der Waals surface area contributed by atoms with Crippen molar-refractivity contribution in [3.8, 4) is 0 Å². The Hall–Kier alpha value is -0.303. The van der Waals surface area contributed by atoms with Crippen molar-refractivity contribution in [1.82, 2.24) is 4.98 Å². The molecule has 1 aromatic heterocycles. The molecular formula is C4H4LiNO2S. The van der Waals surface area contributed by atoms with E-state index in [0.717, 1.165) is 3.68 Å². The van der Waals surface area contributed by atoms with Gasteiger partial charge in [0.2, 0.25) is 0 Å². The van der Waals surface area contributed by atoms with Crippen LogP contribution in [0.25, 0.3) is 0 Å². The summed E-state index contributed by atoms with van der Waals surface area (Å²) in [6.07, 6.45) is 1.81. The fourth-order valence-electron chi connectivity index (χ4n) is 0.295. The Balaban J connectivity index is 0.000000187. The van der Waals surface area contributed by atoms with Crippen LogP contribution in [0.15, 0.2) is 11.6 Å². The quantitative estimate of drug-likeness (QED) is 0.392. The van der Waals surface area contributed by atoms with Crippen LogP contribution in [-0.4, -0.2) is 34.3 Å². The molecule has 0 fully saturated rings. The van der Waals surface area contributed by atoms with E-state index in [4.69, 9.17) is 9.90 Å². The molecule has 0 bridgehead atoms. The average Bonchev–Trinajstić information content (AvgIpc) is 2.20. The van der Waals surface area contributed by atoms with Gasteiger partial charge >= 0.3 is 49.3 Å². The zero-order chi connectivity index (χ0) is 7.11. The molecule has 1 N–H and O–H groups in total. The van der Waals surface area contributed by atoms with Crippen LogP contribution in [0.2, 0.25) is 0 Å². The van der Waals surface area contributed by atoms with Crippen molar-refractivity contribution in [2.24, 2.45) is 0 Å². The van der Waals surface area contributed by atoms with Gasteiger partial charge in [-0.3, -0.25) is 4.79 Å². The summed E-state index contributed by atoms with van der Waals surface area (Å²) in [6.45, 7) is -0.250. The number of thiazole rings is 1. The summed E-state index contributed by atoms with van der Waals surface area (Å²) in [5, 5.41) is 8.86. The second-order valence-corrected chi connectivity index (χ2v) is 2.26. The molecule has 0 aliphatic rings. The number of aromatic nitrogens is 1. The number of carbonyl (C=O) groups is 1. The Kier molecular flexibility index (Phi) is 5.63. The van der Waals surface area contributed by atoms with Gasteiger partial charge in [-0.05, 0) is 0 Å². The predicted molar refractivity (Wildman–Crippen MR) is 36.2 cm³/mol. The fraction of sp³-hybridized carbons (Fsp3) is 0. The van der Waals surface area contributed by atoms with E-state index in [1.54, 1.807) is 17.5 Å². The predicted octanol–water partition coefficient (Wildman–Crippen LogP) is -0.362. The summed E-state index contributed by atoms with van der Waals surface area (Å²) in [4.78, 5) is 12.3. The Morgan fingerprint density at radius 1 is 1.89 bits per heavy atom. The van der Waals surface area contributed by atoms with Crippen LogP contribution in [0.3, 0.4) is 0 Å². The Bertz CT molecular complexity index is 154. The molecule has 44 valence electrons. The molecule has 0 aromatic carbocycles. The number of carboxylic acid groups (broad SMARTS) is 1. The Morgan fingerprint density at radius 3 is 2.56 bits per heavy atom. The van der Waals surface area contributed by atoms with Crippen molar-refractivity contribution in [3.05, 3.63) is 11.6 Å². The third-order valence-corrected chi connectivity index (χ3v) is 1.26. The normalized spacial score (nSPS) is 7.33. The first-order valence-electron chi connectivity index (χ1n) is 2.25. The van der Waals surface area contributed by atoms with Gasteiger partial charge in [0.25, 0.3) is 6.47 Å². The molecule has 1 rings (SSSR count). The molecular weight excluding hydrogens is 133 g/mol. The van der Waals surface area contributed by atoms with Gasteiger partial charge in [-0.2, -0.15) is 0 Å². The first-order chi connectivity index (χ1) is 4.31. The third-order valence-electron chi connectivity index (χ3n) is 0.556. The molecule has 0 atom stereocenters. The number of rotatable bonds is 0. The van der Waals surface area contributed by atoms with Gasteiger partial charge in [0, 0.05) is 0 Å². The van der Waals surface area contributed by atoms with Gasteiger partial charge in [-0.15, -0.1) is 0 Å². The zero-order valence-corrected chi connectivity index (χ0v) is 5.76. The average molecular weight is 137 g/mol. The number of nitrogens with zero attached hydrogens (tertiary/aromatic N) is 1. The second-order valence-electron chi connectivity index (χ2n) is 1.16. The van der Waals surface area contributed by atoms with Crippen molar-refractivity contribution in [2.45, 2.75) is 0 Å². The van der Waals surface area contributed by atoms with E-state index in [0.29, 0.717) is 0 Å². The van der Waals surface area contributed by atoms with Crippen LogP contribution in [-0.2, 0) is 4.79 Å². The van der Waals surface area contributed by atoms with Crippen molar-refractivity contribution < 1.29 is 9.90 Å². The molecule has 1 heterocycles. The molecule has 0 unspecified atom stereocenters. The van der Waals surface area contributed by atoms with Crippen LogP contribution in [0, 0.1) is 0 Å². The van der Waals surface area contributed by atoms with Crippen LogP contribution in [0.1, 0.15) is 0 Å². The summed E-state index contributed by atoms with van der Waals surface area (Å²) in [6, 6.07) is 0. The molecule has 0 amide bonds. The van der Waals surface area contributed by atoms with Gasteiger partial charge in [0.15, 0.2) is 0 Å². The minimum absolute atomic E-state index is 0.250. The zero-order valence-electron chi connectivity index (χ0n) is 4.94. The summed E-state index contributed by atoms with van der Waals surface area (Å²) in [5.41, 5.74) is 0. The molecule has 0 radical (unpaired) electrons. The number of hydrogen-bond donors (Lipinski definition) is 1. The molecule has 3 nitrogen and oxygen atoms in total. The SMILES string of the molecule is O=CO.[Li][c]1nccs1. The Morgan fingerprint density at radius 2 is 2.44 bits per heavy atom. The van der Waals surface area contributed by atoms with Gasteiger partial charge in [0.05, 0.1) is 0 Å². The molecule has 9 heavy (non-hydrogen) atoms. The molecule has 0 aliphatic heterocycles. The van der Waals surface area contributed by atoms with Crippen molar-refractivity contribution in [2.75, 3.05) is 0 Å². The summed E-state index contributed by atoms with van der Waals surface area (Å²) in [7, 11) is 0. The second kappa shape index (κ2) is 5.83. The molecule has 5 heteroatoms. The number of hydrogen-bond acceptors (Lipinski definition) is 3. The maximum absolute atomic E-state index is 8.36. The van der Waals surface area contributed by atoms with Crippen molar-refractivity contribution in [1.29, 1.82) is 0 Å². The van der Waals surface area contributed by atoms with Gasteiger partial charge in [0.1, 0.15) is 0 Å². The molecule has 0 saturated carbocycles. The summed E-state index contributed by atoms with van der Waals surface area (Å²) >= 11 is 3.66. The molecule has 0 saturated heterocycles. The first-order valence-corrected chi connectivity index (χ1v) is 3.13. The minimum atomic E-state index is -0.250. The van der Waals surface area contributed by atoms with Crippen LogP contribution >= 0.6 is 11.3 Å². The monoisotopic (exact) mass is 137 g/mol. The van der Waals surface area contributed by atoms with Gasteiger partial charge in [-0.25, -0.2) is 0 Å². The molecule has 1 aromatic rings. The van der Waals surface area contributed by atoms with Crippen LogP contribution in [0.4, 0.5) is 0 Å². The van der Waals surface area contributed by atoms with Gasteiger partial charge < -0.3 is 5.11 Å². The van der Waals surface area contributed by atoms with E-state index >= 15 is 0 Å². The van der Waals surface area contributed by atoms with E-state index in [2.05, 4.69) is 4.98 Å². The van der Waals surface area contributed by atoms with E-state index < -0.39 is 0 Å². The van der Waals surface area contributed by atoms with Crippen molar-refractivity contribution >= 4 is 39.2 Å². The molecule has 0 aliphatic carbocycles. The Labute approximate surface area is 65.9 Å². The van der Waals surface area contributed by atoms with Crippen molar-refractivity contribution in [3.63, 3.8) is 0 Å². The topological polar surface area (TPSA) is 50.2 Å².